The predicted octanol–water partition coefficient (Wildman–Crippen LogP) is 5.54. The first-order chi connectivity index (χ1) is 10.9. The first-order valence-corrected chi connectivity index (χ1v) is 8.95. The van der Waals surface area contributed by atoms with Gasteiger partial charge in [0.2, 0.25) is 0 Å². The second kappa shape index (κ2) is 11.2. The zero-order valence-electron chi connectivity index (χ0n) is 13.7. The minimum absolute atomic E-state index is 0. The van der Waals surface area contributed by atoms with Crippen LogP contribution >= 0.6 is 24.2 Å². The van der Waals surface area contributed by atoms with Crippen LogP contribution in [-0.4, -0.2) is 22.3 Å². The number of unbranched alkanes of at least 4 members (excludes halogenated alkanes) is 1. The minimum Gasteiger partial charge on any atom is -0.493 e. The Labute approximate surface area is 149 Å². The molecule has 0 amide bonds. The van der Waals surface area contributed by atoms with Gasteiger partial charge < -0.3 is 9.72 Å². The Balaban J connectivity index is 0.00000264. The van der Waals surface area contributed by atoms with Crippen molar-refractivity contribution in [2.45, 2.75) is 33.1 Å². The number of para-hydroxylation sites is 1. The summed E-state index contributed by atoms with van der Waals surface area (Å²) >= 11 is 1.81. The van der Waals surface area contributed by atoms with Crippen LogP contribution in [0.5, 0.6) is 5.75 Å². The van der Waals surface area contributed by atoms with Crippen LogP contribution in [0.4, 0.5) is 0 Å². The summed E-state index contributed by atoms with van der Waals surface area (Å²) in [4.78, 5) is 7.63. The molecule has 0 aliphatic heterocycles. The third-order valence-corrected chi connectivity index (χ3v) is 4.26. The average Bonchev–Trinajstić information content (AvgIpc) is 3.07. The molecule has 0 saturated carbocycles. The largest absolute Gasteiger partial charge is 0.493 e. The van der Waals surface area contributed by atoms with Gasteiger partial charge in [-0.2, -0.15) is 0 Å². The normalized spacial score (nSPS) is 11.1. The number of aromatic amines is 1. The number of rotatable bonds is 9. The molecule has 1 aromatic carbocycles. The summed E-state index contributed by atoms with van der Waals surface area (Å²) in [6.45, 7) is 5.11. The van der Waals surface area contributed by atoms with Gasteiger partial charge in [0.25, 0.3) is 0 Å². The van der Waals surface area contributed by atoms with Crippen LogP contribution in [0.25, 0.3) is 5.57 Å². The maximum Gasteiger partial charge on any atom is 0.138 e. The number of benzene rings is 1. The molecule has 5 heteroatoms. The van der Waals surface area contributed by atoms with E-state index in [1.54, 1.807) is 6.20 Å². The number of imidazole rings is 1. The van der Waals surface area contributed by atoms with Gasteiger partial charge in [0.05, 0.1) is 6.61 Å². The van der Waals surface area contributed by atoms with Crippen LogP contribution < -0.4 is 4.74 Å². The molecule has 3 nitrogen and oxygen atoms in total. The second-order valence-corrected chi connectivity index (χ2v) is 6.02. The highest BCUT2D eigenvalue weighted by molar-refractivity contribution is 8.02. The molecule has 126 valence electrons. The molecule has 0 saturated heterocycles. The zero-order chi connectivity index (χ0) is 15.6. The fourth-order valence-corrected chi connectivity index (χ4v) is 2.82. The fourth-order valence-electron chi connectivity index (χ4n) is 2.06. The van der Waals surface area contributed by atoms with Gasteiger partial charge in [-0.1, -0.05) is 38.5 Å². The van der Waals surface area contributed by atoms with Crippen molar-refractivity contribution in [2.75, 3.05) is 12.4 Å². The van der Waals surface area contributed by atoms with Gasteiger partial charge in [-0.15, -0.1) is 24.2 Å². The standard InChI is InChI=1S/C18H24N2OS.ClH/c1-3-5-12-21-17-9-7-6-8-15(17)16(14-22-13-4-2)18-19-10-11-20-18;/h6-11,14H,3-5,12-13H2,1-2H3,(H,19,20);1H/b16-14-;. The van der Waals surface area contributed by atoms with E-state index in [-0.39, 0.29) is 12.4 Å². The summed E-state index contributed by atoms with van der Waals surface area (Å²) in [5.74, 6) is 2.91. The van der Waals surface area contributed by atoms with Crippen LogP contribution in [0, 0.1) is 0 Å². The molecule has 2 aromatic rings. The average molecular weight is 353 g/mol. The summed E-state index contributed by atoms with van der Waals surface area (Å²) in [5, 5.41) is 2.18. The molecule has 2 rings (SSSR count). The number of thioether (sulfide) groups is 1. The Morgan fingerprint density at radius 3 is 2.78 bits per heavy atom. The number of hydrogen-bond acceptors (Lipinski definition) is 3. The number of hydrogen-bond donors (Lipinski definition) is 1. The van der Waals surface area contributed by atoms with E-state index >= 15 is 0 Å². The molecular weight excluding hydrogens is 328 g/mol. The Kier molecular flexibility index (Phi) is 9.57. The first-order valence-electron chi connectivity index (χ1n) is 7.90. The molecule has 0 spiro atoms. The van der Waals surface area contributed by atoms with E-state index in [2.05, 4.69) is 35.3 Å². The van der Waals surface area contributed by atoms with Crippen molar-refractivity contribution < 1.29 is 4.74 Å². The summed E-state index contributed by atoms with van der Waals surface area (Å²) in [6.07, 6.45) is 7.00. The van der Waals surface area contributed by atoms with E-state index in [0.29, 0.717) is 0 Å². The topological polar surface area (TPSA) is 37.9 Å². The third-order valence-electron chi connectivity index (χ3n) is 3.21. The SMILES string of the molecule is CCCCOc1ccccc1/C(=C/SCCC)c1ncc[nH]1.Cl. The van der Waals surface area contributed by atoms with Crippen molar-refractivity contribution in [3.05, 3.63) is 53.5 Å². The van der Waals surface area contributed by atoms with Gasteiger partial charge >= 0.3 is 0 Å². The molecule has 0 unspecified atom stereocenters. The summed E-state index contributed by atoms with van der Waals surface area (Å²) in [6, 6.07) is 8.20. The third kappa shape index (κ3) is 5.96. The van der Waals surface area contributed by atoms with E-state index in [1.165, 1.54) is 0 Å². The fraction of sp³-hybridized carbons (Fsp3) is 0.389. The predicted molar refractivity (Wildman–Crippen MR) is 103 cm³/mol. The Morgan fingerprint density at radius 2 is 2.09 bits per heavy atom. The van der Waals surface area contributed by atoms with E-state index < -0.39 is 0 Å². The van der Waals surface area contributed by atoms with E-state index in [4.69, 9.17) is 4.74 Å². The number of aromatic nitrogens is 2. The summed E-state index contributed by atoms with van der Waals surface area (Å²) in [7, 11) is 0. The Bertz CT molecular complexity index is 584. The zero-order valence-corrected chi connectivity index (χ0v) is 15.4. The summed E-state index contributed by atoms with van der Waals surface area (Å²) in [5.41, 5.74) is 2.19. The van der Waals surface area contributed by atoms with Crippen molar-refractivity contribution in [1.29, 1.82) is 0 Å². The highest BCUT2D eigenvalue weighted by Crippen LogP contribution is 2.31. The molecule has 1 heterocycles. The number of H-pyrrole nitrogens is 1. The lowest BCUT2D eigenvalue weighted by Crippen LogP contribution is -2.00. The number of nitrogens with zero attached hydrogens (tertiary/aromatic N) is 1. The van der Waals surface area contributed by atoms with Crippen LogP contribution in [0.15, 0.2) is 42.1 Å². The Hall–Kier alpha value is -1.39. The highest BCUT2D eigenvalue weighted by atomic mass is 35.5. The van der Waals surface area contributed by atoms with Gasteiger partial charge in [0.1, 0.15) is 11.6 Å². The minimum atomic E-state index is 0. The van der Waals surface area contributed by atoms with E-state index in [0.717, 1.165) is 54.3 Å². The van der Waals surface area contributed by atoms with Crippen molar-refractivity contribution in [3.63, 3.8) is 0 Å². The van der Waals surface area contributed by atoms with Crippen LogP contribution in [0.1, 0.15) is 44.5 Å². The lowest BCUT2D eigenvalue weighted by atomic mass is 10.1. The number of nitrogens with one attached hydrogen (secondary N) is 1. The van der Waals surface area contributed by atoms with Crippen LogP contribution in [0.2, 0.25) is 0 Å². The van der Waals surface area contributed by atoms with Gasteiger partial charge in [-0.25, -0.2) is 4.98 Å². The van der Waals surface area contributed by atoms with E-state index in [9.17, 15) is 0 Å². The number of halogens is 1. The van der Waals surface area contributed by atoms with Gasteiger partial charge in [-0.3, -0.25) is 0 Å². The lowest BCUT2D eigenvalue weighted by molar-refractivity contribution is 0.308. The monoisotopic (exact) mass is 352 g/mol. The maximum atomic E-state index is 5.97. The quantitative estimate of drug-likeness (QED) is 0.602. The van der Waals surface area contributed by atoms with Crippen LogP contribution in [-0.2, 0) is 0 Å². The molecule has 0 fully saturated rings. The molecule has 1 N–H and O–H groups in total. The Morgan fingerprint density at radius 1 is 1.26 bits per heavy atom. The second-order valence-electron chi connectivity index (χ2n) is 5.04. The molecule has 0 aliphatic carbocycles. The summed E-state index contributed by atoms with van der Waals surface area (Å²) < 4.78 is 5.97. The molecule has 1 aromatic heterocycles. The molecule has 0 radical (unpaired) electrons. The molecule has 0 bridgehead atoms. The first kappa shape index (κ1) is 19.7. The molecular formula is C18H25ClN2OS. The van der Waals surface area contributed by atoms with Gasteiger partial charge in [0.15, 0.2) is 0 Å². The van der Waals surface area contributed by atoms with Crippen molar-refractivity contribution >= 4 is 29.7 Å². The van der Waals surface area contributed by atoms with Crippen molar-refractivity contribution in [2.24, 2.45) is 0 Å². The highest BCUT2D eigenvalue weighted by Gasteiger charge is 2.12. The van der Waals surface area contributed by atoms with Gasteiger partial charge in [0, 0.05) is 23.5 Å². The molecule has 23 heavy (non-hydrogen) atoms. The van der Waals surface area contributed by atoms with E-state index in [1.807, 2.05) is 36.2 Å². The molecule has 0 aliphatic rings. The smallest absolute Gasteiger partial charge is 0.138 e. The van der Waals surface area contributed by atoms with Crippen LogP contribution in [0.3, 0.4) is 0 Å². The molecule has 0 atom stereocenters. The number of ether oxygens (including phenoxy) is 1. The van der Waals surface area contributed by atoms with Gasteiger partial charge in [-0.05, 0) is 30.1 Å². The maximum absolute atomic E-state index is 5.97. The lowest BCUT2D eigenvalue weighted by Gasteiger charge is -2.13. The van der Waals surface area contributed by atoms with Crippen molar-refractivity contribution in [1.82, 2.24) is 9.97 Å². The van der Waals surface area contributed by atoms with Crippen molar-refractivity contribution in [3.8, 4) is 5.75 Å².